The Morgan fingerprint density at radius 2 is 1.75 bits per heavy atom. The lowest BCUT2D eigenvalue weighted by Gasteiger charge is -2.14. The Labute approximate surface area is 164 Å². The van der Waals surface area contributed by atoms with Crippen molar-refractivity contribution < 1.29 is 14.3 Å². The molecule has 0 bridgehead atoms. The summed E-state index contributed by atoms with van der Waals surface area (Å²) in [5, 5.41) is 7.23. The van der Waals surface area contributed by atoms with E-state index in [0.29, 0.717) is 5.56 Å². The molecule has 1 heterocycles. The first-order chi connectivity index (χ1) is 13.4. The molecule has 6 heteroatoms. The normalized spacial score (nSPS) is 11.7. The highest BCUT2D eigenvalue weighted by Crippen LogP contribution is 2.14. The van der Waals surface area contributed by atoms with E-state index in [1.54, 1.807) is 24.3 Å². The lowest BCUT2D eigenvalue weighted by molar-refractivity contribution is -0.124. The van der Waals surface area contributed by atoms with E-state index in [1.807, 2.05) is 61.9 Å². The van der Waals surface area contributed by atoms with Crippen LogP contribution in [0.15, 0.2) is 60.7 Å². The van der Waals surface area contributed by atoms with Crippen LogP contribution >= 0.6 is 0 Å². The van der Waals surface area contributed by atoms with Crippen LogP contribution in [0, 0.1) is 13.8 Å². The molecular formula is C22H23N3O3. The third-order valence-electron chi connectivity index (χ3n) is 4.37. The lowest BCUT2D eigenvalue weighted by Crippen LogP contribution is -2.31. The molecule has 0 fully saturated rings. The van der Waals surface area contributed by atoms with Crippen LogP contribution in [-0.4, -0.2) is 28.3 Å². The van der Waals surface area contributed by atoms with Crippen molar-refractivity contribution in [3.63, 3.8) is 0 Å². The SMILES string of the molecule is Cc1cc(C)n(-c2ccc(C(=O)OCC(=O)NC(C)c3ccccc3)cc2)n1. The van der Waals surface area contributed by atoms with Crippen LogP contribution in [0.1, 0.15) is 40.3 Å². The molecular weight excluding hydrogens is 354 g/mol. The van der Waals surface area contributed by atoms with Crippen molar-refractivity contribution in [3.8, 4) is 5.69 Å². The fraction of sp³-hybridized carbons (Fsp3) is 0.227. The number of hydrogen-bond acceptors (Lipinski definition) is 4. The Morgan fingerprint density at radius 1 is 1.07 bits per heavy atom. The molecule has 144 valence electrons. The molecule has 28 heavy (non-hydrogen) atoms. The van der Waals surface area contributed by atoms with E-state index in [2.05, 4.69) is 10.4 Å². The third-order valence-corrected chi connectivity index (χ3v) is 4.37. The summed E-state index contributed by atoms with van der Waals surface area (Å²) in [6.45, 7) is 5.46. The van der Waals surface area contributed by atoms with Crippen LogP contribution in [-0.2, 0) is 9.53 Å². The average Bonchev–Trinajstić information content (AvgIpc) is 3.05. The van der Waals surface area contributed by atoms with E-state index < -0.39 is 5.97 Å². The minimum atomic E-state index is -0.539. The van der Waals surface area contributed by atoms with Gasteiger partial charge in [-0.2, -0.15) is 5.10 Å². The first-order valence-electron chi connectivity index (χ1n) is 9.09. The van der Waals surface area contributed by atoms with Gasteiger partial charge in [-0.05, 0) is 56.7 Å². The van der Waals surface area contributed by atoms with E-state index in [0.717, 1.165) is 22.6 Å². The van der Waals surface area contributed by atoms with Gasteiger partial charge >= 0.3 is 5.97 Å². The first-order valence-corrected chi connectivity index (χ1v) is 9.09. The Bertz CT molecular complexity index is 962. The van der Waals surface area contributed by atoms with Gasteiger partial charge in [0.15, 0.2) is 6.61 Å². The molecule has 1 atom stereocenters. The molecule has 0 radical (unpaired) electrons. The average molecular weight is 377 g/mol. The monoisotopic (exact) mass is 377 g/mol. The molecule has 0 saturated carbocycles. The number of carbonyl (C=O) groups excluding carboxylic acids is 2. The molecule has 3 rings (SSSR count). The molecule has 6 nitrogen and oxygen atoms in total. The zero-order valence-corrected chi connectivity index (χ0v) is 16.2. The largest absolute Gasteiger partial charge is 0.452 e. The molecule has 0 spiro atoms. The van der Waals surface area contributed by atoms with E-state index in [9.17, 15) is 9.59 Å². The van der Waals surface area contributed by atoms with Crippen molar-refractivity contribution in [1.82, 2.24) is 15.1 Å². The van der Waals surface area contributed by atoms with E-state index >= 15 is 0 Å². The molecule has 0 aliphatic rings. The molecule has 1 N–H and O–H groups in total. The van der Waals surface area contributed by atoms with E-state index in [-0.39, 0.29) is 18.6 Å². The van der Waals surface area contributed by atoms with Crippen molar-refractivity contribution in [2.45, 2.75) is 26.8 Å². The summed E-state index contributed by atoms with van der Waals surface area (Å²) in [6.07, 6.45) is 0. The quantitative estimate of drug-likeness (QED) is 0.667. The Morgan fingerprint density at radius 3 is 2.36 bits per heavy atom. The van der Waals surface area contributed by atoms with Crippen molar-refractivity contribution in [2.75, 3.05) is 6.61 Å². The van der Waals surface area contributed by atoms with Gasteiger partial charge in [-0.25, -0.2) is 9.48 Å². The summed E-state index contributed by atoms with van der Waals surface area (Å²) in [6, 6.07) is 18.4. The van der Waals surface area contributed by atoms with Gasteiger partial charge in [-0.15, -0.1) is 0 Å². The summed E-state index contributed by atoms with van der Waals surface area (Å²) in [7, 11) is 0. The van der Waals surface area contributed by atoms with Gasteiger partial charge in [-0.1, -0.05) is 30.3 Å². The van der Waals surface area contributed by atoms with Crippen LogP contribution in [0.3, 0.4) is 0 Å². The second kappa shape index (κ2) is 8.52. The molecule has 1 aromatic heterocycles. The van der Waals surface area contributed by atoms with Gasteiger partial charge in [0.1, 0.15) is 0 Å². The number of carbonyl (C=O) groups is 2. The number of aromatic nitrogens is 2. The van der Waals surface area contributed by atoms with Gasteiger partial charge in [0.25, 0.3) is 5.91 Å². The van der Waals surface area contributed by atoms with Crippen LogP contribution < -0.4 is 5.32 Å². The highest BCUT2D eigenvalue weighted by atomic mass is 16.5. The minimum Gasteiger partial charge on any atom is -0.452 e. The highest BCUT2D eigenvalue weighted by Gasteiger charge is 2.13. The summed E-state index contributed by atoms with van der Waals surface area (Å²) in [4.78, 5) is 24.2. The summed E-state index contributed by atoms with van der Waals surface area (Å²) in [5.41, 5.74) is 4.17. The van der Waals surface area contributed by atoms with Gasteiger partial charge in [0, 0.05) is 5.69 Å². The van der Waals surface area contributed by atoms with Crippen LogP contribution in [0.2, 0.25) is 0 Å². The number of nitrogens with zero attached hydrogens (tertiary/aromatic N) is 2. The van der Waals surface area contributed by atoms with Crippen LogP contribution in [0.25, 0.3) is 5.69 Å². The van der Waals surface area contributed by atoms with E-state index in [4.69, 9.17) is 4.74 Å². The van der Waals surface area contributed by atoms with Gasteiger partial charge in [0.05, 0.1) is 23.0 Å². The molecule has 1 amide bonds. The second-order valence-electron chi connectivity index (χ2n) is 6.66. The topological polar surface area (TPSA) is 73.2 Å². The third kappa shape index (κ3) is 4.65. The van der Waals surface area contributed by atoms with Crippen molar-refractivity contribution >= 4 is 11.9 Å². The van der Waals surface area contributed by atoms with Crippen molar-refractivity contribution in [1.29, 1.82) is 0 Å². The zero-order valence-electron chi connectivity index (χ0n) is 16.2. The number of ether oxygens (including phenoxy) is 1. The van der Waals surface area contributed by atoms with Crippen LogP contribution in [0.4, 0.5) is 0 Å². The molecule has 0 aliphatic heterocycles. The lowest BCUT2D eigenvalue weighted by atomic mass is 10.1. The second-order valence-corrected chi connectivity index (χ2v) is 6.66. The number of rotatable bonds is 6. The fourth-order valence-electron chi connectivity index (χ4n) is 2.95. The number of aryl methyl sites for hydroxylation is 2. The highest BCUT2D eigenvalue weighted by molar-refractivity contribution is 5.91. The first kappa shape index (κ1) is 19.4. The predicted molar refractivity (Wildman–Crippen MR) is 106 cm³/mol. The number of nitrogens with one attached hydrogen (secondary N) is 1. The van der Waals surface area contributed by atoms with Crippen molar-refractivity contribution in [2.24, 2.45) is 0 Å². The van der Waals surface area contributed by atoms with Gasteiger partial charge < -0.3 is 10.1 Å². The standard InChI is InChI=1S/C22H23N3O3/c1-15-13-16(2)25(24-15)20-11-9-19(10-12-20)22(27)28-14-21(26)23-17(3)18-7-5-4-6-8-18/h4-13,17H,14H2,1-3H3,(H,23,26). The minimum absolute atomic E-state index is 0.160. The molecule has 0 saturated heterocycles. The van der Waals surface area contributed by atoms with Crippen molar-refractivity contribution in [3.05, 3.63) is 83.2 Å². The van der Waals surface area contributed by atoms with Gasteiger partial charge in [-0.3, -0.25) is 4.79 Å². The van der Waals surface area contributed by atoms with Crippen LogP contribution in [0.5, 0.6) is 0 Å². The Hall–Kier alpha value is -3.41. The molecule has 1 unspecified atom stereocenters. The molecule has 3 aromatic rings. The maximum Gasteiger partial charge on any atom is 0.338 e. The Balaban J connectivity index is 1.54. The maximum atomic E-state index is 12.2. The molecule has 2 aromatic carbocycles. The Kier molecular flexibility index (Phi) is 5.89. The number of benzene rings is 2. The number of hydrogen-bond donors (Lipinski definition) is 1. The predicted octanol–water partition coefficient (Wildman–Crippen LogP) is 3.52. The summed E-state index contributed by atoms with van der Waals surface area (Å²) < 4.78 is 6.94. The zero-order chi connectivity index (χ0) is 20.1. The smallest absolute Gasteiger partial charge is 0.338 e. The summed E-state index contributed by atoms with van der Waals surface area (Å²) >= 11 is 0. The van der Waals surface area contributed by atoms with Gasteiger partial charge in [0.2, 0.25) is 0 Å². The maximum absolute atomic E-state index is 12.2. The molecule has 0 aliphatic carbocycles. The van der Waals surface area contributed by atoms with E-state index in [1.165, 1.54) is 0 Å². The number of esters is 1. The fourth-order valence-corrected chi connectivity index (χ4v) is 2.95. The summed E-state index contributed by atoms with van der Waals surface area (Å²) in [5.74, 6) is -0.883. The number of amides is 1.